The Kier molecular flexibility index (Phi) is 4.69. The van der Waals surface area contributed by atoms with Crippen LogP contribution in [0.4, 0.5) is 4.79 Å². The van der Waals surface area contributed by atoms with Crippen molar-refractivity contribution in [1.29, 1.82) is 0 Å². The summed E-state index contributed by atoms with van der Waals surface area (Å²) >= 11 is 7.04. The van der Waals surface area contributed by atoms with Crippen LogP contribution in [0, 0.1) is 0 Å². The normalized spacial score (nSPS) is 15.5. The first-order valence-corrected chi connectivity index (χ1v) is 8.04. The van der Waals surface area contributed by atoms with Crippen molar-refractivity contribution in [3.05, 3.63) is 69.6 Å². The van der Waals surface area contributed by atoms with Gasteiger partial charge in [-0.25, -0.2) is 4.79 Å². The zero-order valence-electron chi connectivity index (χ0n) is 12.1. The topological polar surface area (TPSA) is 72.5 Å². The van der Waals surface area contributed by atoms with Gasteiger partial charge in [-0.3, -0.25) is 14.9 Å². The van der Waals surface area contributed by atoms with Crippen LogP contribution in [0.5, 0.6) is 5.75 Å². The quantitative estimate of drug-likeness (QED) is 0.511. The van der Waals surface area contributed by atoms with Gasteiger partial charge in [0.05, 0.1) is 15.5 Å². The molecule has 0 spiro atoms. The Balaban J connectivity index is 1.86. The SMILES string of the molecule is O=C1NC(=O)C(=Cc2cccc(OC(=O)c3ccccc3)c2Cl)S1. The fourth-order valence-electron chi connectivity index (χ4n) is 2.01. The number of carbonyl (C=O) groups is 3. The lowest BCUT2D eigenvalue weighted by Gasteiger charge is -2.08. The number of carbonyl (C=O) groups excluding carboxylic acids is 3. The van der Waals surface area contributed by atoms with E-state index in [1.807, 2.05) is 0 Å². The maximum Gasteiger partial charge on any atom is 0.343 e. The van der Waals surface area contributed by atoms with Crippen LogP contribution in [-0.2, 0) is 4.79 Å². The van der Waals surface area contributed by atoms with E-state index >= 15 is 0 Å². The van der Waals surface area contributed by atoms with Crippen molar-refractivity contribution in [2.75, 3.05) is 0 Å². The molecule has 120 valence electrons. The summed E-state index contributed by atoms with van der Waals surface area (Å²) in [6.45, 7) is 0. The lowest BCUT2D eigenvalue weighted by molar-refractivity contribution is -0.115. The zero-order chi connectivity index (χ0) is 17.1. The van der Waals surface area contributed by atoms with Crippen molar-refractivity contribution in [3.63, 3.8) is 0 Å². The van der Waals surface area contributed by atoms with Gasteiger partial charge in [-0.2, -0.15) is 0 Å². The van der Waals surface area contributed by atoms with Crippen molar-refractivity contribution in [1.82, 2.24) is 5.32 Å². The highest BCUT2D eigenvalue weighted by atomic mass is 35.5. The zero-order valence-corrected chi connectivity index (χ0v) is 13.7. The molecular formula is C17H10ClNO4S. The maximum atomic E-state index is 12.1. The van der Waals surface area contributed by atoms with Crippen LogP contribution < -0.4 is 10.1 Å². The first-order chi connectivity index (χ1) is 11.5. The van der Waals surface area contributed by atoms with Gasteiger partial charge in [-0.05, 0) is 41.6 Å². The summed E-state index contributed by atoms with van der Waals surface area (Å²) in [6, 6.07) is 13.4. The molecule has 1 N–H and O–H groups in total. The molecule has 1 fully saturated rings. The van der Waals surface area contributed by atoms with Gasteiger partial charge in [-0.1, -0.05) is 41.9 Å². The Morgan fingerprint density at radius 1 is 1.08 bits per heavy atom. The number of hydrogen-bond acceptors (Lipinski definition) is 5. The predicted octanol–water partition coefficient (Wildman–Crippen LogP) is 3.88. The summed E-state index contributed by atoms with van der Waals surface area (Å²) in [5.74, 6) is -0.840. The number of nitrogens with one attached hydrogen (secondary N) is 1. The average molecular weight is 360 g/mol. The van der Waals surface area contributed by atoms with Gasteiger partial charge >= 0.3 is 5.97 Å². The van der Waals surface area contributed by atoms with E-state index in [2.05, 4.69) is 5.32 Å². The summed E-state index contributed by atoms with van der Waals surface area (Å²) in [4.78, 5) is 35.1. The smallest absolute Gasteiger partial charge is 0.343 e. The van der Waals surface area contributed by atoms with Crippen molar-refractivity contribution in [3.8, 4) is 5.75 Å². The molecule has 2 aromatic carbocycles. The largest absolute Gasteiger partial charge is 0.421 e. The molecule has 0 radical (unpaired) electrons. The predicted molar refractivity (Wildman–Crippen MR) is 92.0 cm³/mol. The molecule has 0 aliphatic carbocycles. The minimum atomic E-state index is -0.537. The number of thioether (sulfide) groups is 1. The van der Waals surface area contributed by atoms with E-state index in [0.717, 1.165) is 11.8 Å². The Morgan fingerprint density at radius 2 is 1.83 bits per heavy atom. The van der Waals surface area contributed by atoms with E-state index in [4.69, 9.17) is 16.3 Å². The van der Waals surface area contributed by atoms with Crippen LogP contribution in [0.3, 0.4) is 0 Å². The molecule has 7 heteroatoms. The molecule has 24 heavy (non-hydrogen) atoms. The molecule has 1 aliphatic rings. The molecule has 0 saturated carbocycles. The van der Waals surface area contributed by atoms with Gasteiger partial charge in [0.15, 0.2) is 0 Å². The highest BCUT2D eigenvalue weighted by Gasteiger charge is 2.25. The number of esters is 1. The number of rotatable bonds is 3. The van der Waals surface area contributed by atoms with Crippen molar-refractivity contribution in [2.45, 2.75) is 0 Å². The number of amides is 2. The first-order valence-electron chi connectivity index (χ1n) is 6.85. The van der Waals surface area contributed by atoms with Gasteiger partial charge in [0.2, 0.25) is 0 Å². The van der Waals surface area contributed by atoms with E-state index in [1.54, 1.807) is 48.5 Å². The van der Waals surface area contributed by atoms with Crippen molar-refractivity contribution < 1.29 is 19.1 Å². The molecule has 0 bridgehead atoms. The molecule has 2 aromatic rings. The second-order valence-electron chi connectivity index (χ2n) is 4.77. The number of ether oxygens (including phenoxy) is 1. The molecule has 5 nitrogen and oxygen atoms in total. The molecule has 0 aromatic heterocycles. The Bertz CT molecular complexity index is 864. The highest BCUT2D eigenvalue weighted by molar-refractivity contribution is 8.18. The van der Waals surface area contributed by atoms with Crippen LogP contribution in [-0.4, -0.2) is 17.1 Å². The number of halogens is 1. The summed E-state index contributed by atoms with van der Waals surface area (Å²) in [5.41, 5.74) is 0.871. The van der Waals surface area contributed by atoms with Gasteiger partial charge < -0.3 is 4.74 Å². The maximum absolute atomic E-state index is 12.1. The van der Waals surface area contributed by atoms with Crippen molar-refractivity contribution in [2.24, 2.45) is 0 Å². The lowest BCUT2D eigenvalue weighted by atomic mass is 10.2. The summed E-state index contributed by atoms with van der Waals surface area (Å²) in [5, 5.41) is 1.91. The second-order valence-corrected chi connectivity index (χ2v) is 6.16. The van der Waals surface area contributed by atoms with Crippen LogP contribution in [0.25, 0.3) is 6.08 Å². The van der Waals surface area contributed by atoms with Crippen LogP contribution in [0.15, 0.2) is 53.4 Å². The van der Waals surface area contributed by atoms with Gasteiger partial charge in [-0.15, -0.1) is 0 Å². The van der Waals surface area contributed by atoms with Gasteiger partial charge in [0.1, 0.15) is 5.75 Å². The molecule has 0 atom stereocenters. The Morgan fingerprint density at radius 3 is 2.50 bits per heavy atom. The van der Waals surface area contributed by atoms with E-state index < -0.39 is 17.1 Å². The molecule has 2 amide bonds. The third-order valence-electron chi connectivity index (χ3n) is 3.13. The Labute approximate surface area is 146 Å². The molecular weight excluding hydrogens is 350 g/mol. The summed E-state index contributed by atoms with van der Waals surface area (Å²) < 4.78 is 5.31. The average Bonchev–Trinajstić information content (AvgIpc) is 2.89. The van der Waals surface area contributed by atoms with Crippen LogP contribution in [0.2, 0.25) is 5.02 Å². The molecule has 3 rings (SSSR count). The fraction of sp³-hybridized carbons (Fsp3) is 0. The third kappa shape index (κ3) is 3.50. The van der Waals surface area contributed by atoms with E-state index in [-0.39, 0.29) is 15.7 Å². The van der Waals surface area contributed by atoms with Gasteiger partial charge in [0.25, 0.3) is 11.1 Å². The molecule has 1 heterocycles. The monoisotopic (exact) mass is 359 g/mol. The molecule has 0 unspecified atom stereocenters. The molecule has 1 saturated heterocycles. The van der Waals surface area contributed by atoms with Gasteiger partial charge in [0, 0.05) is 0 Å². The fourth-order valence-corrected chi connectivity index (χ4v) is 2.91. The number of benzene rings is 2. The van der Waals surface area contributed by atoms with Crippen LogP contribution >= 0.6 is 23.4 Å². The van der Waals surface area contributed by atoms with E-state index in [0.29, 0.717) is 11.1 Å². The molecule has 1 aliphatic heterocycles. The van der Waals surface area contributed by atoms with E-state index in [9.17, 15) is 14.4 Å². The number of hydrogen-bond donors (Lipinski definition) is 1. The van der Waals surface area contributed by atoms with E-state index in [1.165, 1.54) is 6.08 Å². The first kappa shape index (κ1) is 16.3. The third-order valence-corrected chi connectivity index (χ3v) is 4.35. The lowest BCUT2D eigenvalue weighted by Crippen LogP contribution is -2.17. The minimum Gasteiger partial charge on any atom is -0.421 e. The standard InChI is InChI=1S/C17H10ClNO4S/c18-14-11(9-13-15(20)19-17(22)24-13)7-4-8-12(14)23-16(21)10-5-2-1-3-6-10/h1-9H,(H,19,20,22). The second kappa shape index (κ2) is 6.90. The Hall–Kier alpha value is -2.57. The minimum absolute atomic E-state index is 0.176. The summed E-state index contributed by atoms with van der Waals surface area (Å²) in [6.07, 6.45) is 1.48. The van der Waals surface area contributed by atoms with Crippen LogP contribution in [0.1, 0.15) is 15.9 Å². The van der Waals surface area contributed by atoms with Crippen molar-refractivity contribution >= 4 is 46.6 Å². The highest BCUT2D eigenvalue weighted by Crippen LogP contribution is 2.33. The summed E-state index contributed by atoms with van der Waals surface area (Å²) in [7, 11) is 0. The number of imide groups is 1.